The van der Waals surface area contributed by atoms with Gasteiger partial charge in [0, 0.05) is 0 Å². The van der Waals surface area contributed by atoms with Crippen LogP contribution in [0.5, 0.6) is 0 Å². The number of hydrogen-bond donors (Lipinski definition) is 0. The Kier molecular flexibility index (Phi) is 3.97. The van der Waals surface area contributed by atoms with E-state index in [9.17, 15) is 4.79 Å². The molecule has 0 aromatic heterocycles. The van der Waals surface area contributed by atoms with E-state index in [0.29, 0.717) is 0 Å². The second-order valence-electron chi connectivity index (χ2n) is 2.94. The van der Waals surface area contributed by atoms with Crippen LogP contribution in [0.15, 0.2) is 30.3 Å². The minimum absolute atomic E-state index is 0.808. The first kappa shape index (κ1) is 9.72. The summed E-state index contributed by atoms with van der Waals surface area (Å²) in [6.45, 7) is 2.15. The lowest BCUT2D eigenvalue weighted by molar-refractivity contribution is -0.104. The molecule has 1 rings (SSSR count). The van der Waals surface area contributed by atoms with Crippen LogP contribution in [0.25, 0.3) is 6.08 Å². The maximum Gasteiger partial charge on any atom is 0.142 e. The molecular weight excluding hydrogens is 160 g/mol. The van der Waals surface area contributed by atoms with Gasteiger partial charge in [0.2, 0.25) is 0 Å². The first-order valence-corrected chi connectivity index (χ1v) is 4.58. The summed E-state index contributed by atoms with van der Waals surface area (Å²) < 4.78 is 0. The van der Waals surface area contributed by atoms with E-state index in [1.165, 1.54) is 11.6 Å². The zero-order valence-electron chi connectivity index (χ0n) is 7.86. The maximum absolute atomic E-state index is 10.2. The molecule has 1 aromatic rings. The Hall–Kier alpha value is -1.37. The number of aryl methyl sites for hydroxylation is 1. The highest BCUT2D eigenvalue weighted by molar-refractivity contribution is 5.74. The van der Waals surface area contributed by atoms with E-state index in [1.54, 1.807) is 0 Å². The van der Waals surface area contributed by atoms with Crippen LogP contribution in [-0.2, 0) is 11.2 Å². The average Bonchev–Trinajstić information content (AvgIpc) is 2.17. The summed E-state index contributed by atoms with van der Waals surface area (Å²) in [6.07, 6.45) is 6.40. The van der Waals surface area contributed by atoms with Gasteiger partial charge in [-0.3, -0.25) is 4.79 Å². The summed E-state index contributed by atoms with van der Waals surface area (Å²) in [4.78, 5) is 10.2. The fourth-order valence-corrected chi connectivity index (χ4v) is 1.34. The molecule has 0 bridgehead atoms. The highest BCUT2D eigenvalue weighted by Gasteiger charge is 1.95. The number of carbonyl (C=O) groups excluding carboxylic acids is 1. The van der Waals surface area contributed by atoms with Gasteiger partial charge >= 0.3 is 0 Å². The number of carbonyl (C=O) groups is 1. The van der Waals surface area contributed by atoms with Gasteiger partial charge in [-0.2, -0.15) is 0 Å². The predicted octanol–water partition coefficient (Wildman–Crippen LogP) is 2.85. The molecule has 1 nitrogen and oxygen atoms in total. The second-order valence-corrected chi connectivity index (χ2v) is 2.94. The second kappa shape index (κ2) is 5.31. The standard InChI is InChI=1S/C12H14O/c1-2-6-11-7-3-4-8-12(11)9-5-10-13/h3-5,7-10H,2,6H2,1H3/b9-5+. The molecule has 0 aliphatic carbocycles. The van der Waals surface area contributed by atoms with Crippen LogP contribution in [0.1, 0.15) is 24.5 Å². The fourth-order valence-electron chi connectivity index (χ4n) is 1.34. The predicted molar refractivity (Wildman–Crippen MR) is 55.5 cm³/mol. The Balaban J connectivity index is 2.90. The topological polar surface area (TPSA) is 17.1 Å². The molecule has 0 unspecified atom stereocenters. The van der Waals surface area contributed by atoms with Gasteiger partial charge < -0.3 is 0 Å². The summed E-state index contributed by atoms with van der Waals surface area (Å²) in [5.41, 5.74) is 2.46. The molecule has 0 aliphatic heterocycles. The van der Waals surface area contributed by atoms with Crippen LogP contribution < -0.4 is 0 Å². The Bertz CT molecular complexity index is 300. The number of rotatable bonds is 4. The normalized spacial score (nSPS) is 10.5. The third-order valence-electron chi connectivity index (χ3n) is 1.93. The molecule has 0 atom stereocenters. The highest BCUT2D eigenvalue weighted by atomic mass is 16.1. The van der Waals surface area contributed by atoms with Crippen molar-refractivity contribution in [3.05, 3.63) is 41.5 Å². The third kappa shape index (κ3) is 2.86. The SMILES string of the molecule is CCCc1ccccc1/C=C/C=O. The highest BCUT2D eigenvalue weighted by Crippen LogP contribution is 2.12. The minimum Gasteiger partial charge on any atom is -0.299 e. The van der Waals surface area contributed by atoms with Crippen LogP contribution in [0.4, 0.5) is 0 Å². The van der Waals surface area contributed by atoms with Crippen molar-refractivity contribution >= 4 is 12.4 Å². The molecule has 0 N–H and O–H groups in total. The fraction of sp³-hybridized carbons (Fsp3) is 0.250. The molecule has 0 fully saturated rings. The van der Waals surface area contributed by atoms with Gasteiger partial charge in [0.05, 0.1) is 0 Å². The quantitative estimate of drug-likeness (QED) is 0.506. The molecule has 1 heteroatoms. The Labute approximate surface area is 79.1 Å². The smallest absolute Gasteiger partial charge is 0.142 e. The van der Waals surface area contributed by atoms with Crippen LogP contribution in [0.2, 0.25) is 0 Å². The molecule has 13 heavy (non-hydrogen) atoms. The third-order valence-corrected chi connectivity index (χ3v) is 1.93. The lowest BCUT2D eigenvalue weighted by Crippen LogP contribution is -1.87. The van der Waals surface area contributed by atoms with Gasteiger partial charge in [-0.25, -0.2) is 0 Å². The monoisotopic (exact) mass is 174 g/mol. The van der Waals surface area contributed by atoms with Crippen molar-refractivity contribution in [1.29, 1.82) is 0 Å². The molecule has 1 aromatic carbocycles. The summed E-state index contributed by atoms with van der Waals surface area (Å²) in [7, 11) is 0. The van der Waals surface area contributed by atoms with Crippen LogP contribution in [0.3, 0.4) is 0 Å². The van der Waals surface area contributed by atoms with Gasteiger partial charge in [-0.1, -0.05) is 43.7 Å². The van der Waals surface area contributed by atoms with E-state index in [0.717, 1.165) is 24.7 Å². The Morgan fingerprint density at radius 1 is 1.31 bits per heavy atom. The molecule has 0 amide bonds. The molecule has 68 valence electrons. The lowest BCUT2D eigenvalue weighted by Gasteiger charge is -2.02. The van der Waals surface area contributed by atoms with E-state index in [2.05, 4.69) is 13.0 Å². The van der Waals surface area contributed by atoms with E-state index in [1.807, 2.05) is 24.3 Å². The summed E-state index contributed by atoms with van der Waals surface area (Å²) in [5, 5.41) is 0. The van der Waals surface area contributed by atoms with Gasteiger partial charge in [-0.05, 0) is 23.6 Å². The Morgan fingerprint density at radius 3 is 2.77 bits per heavy atom. The summed E-state index contributed by atoms with van der Waals surface area (Å²) in [5.74, 6) is 0. The molecule has 0 radical (unpaired) electrons. The lowest BCUT2D eigenvalue weighted by atomic mass is 10.0. The van der Waals surface area contributed by atoms with Gasteiger partial charge in [0.1, 0.15) is 6.29 Å². The number of hydrogen-bond acceptors (Lipinski definition) is 1. The van der Waals surface area contributed by atoms with Crippen molar-refractivity contribution in [3.63, 3.8) is 0 Å². The summed E-state index contributed by atoms with van der Waals surface area (Å²) >= 11 is 0. The molecule has 0 aliphatic rings. The largest absolute Gasteiger partial charge is 0.299 e. The number of aldehydes is 1. The molecule has 0 spiro atoms. The van der Waals surface area contributed by atoms with Crippen molar-refractivity contribution in [1.82, 2.24) is 0 Å². The van der Waals surface area contributed by atoms with E-state index in [4.69, 9.17) is 0 Å². The van der Waals surface area contributed by atoms with E-state index < -0.39 is 0 Å². The molecule has 0 saturated carbocycles. The zero-order valence-corrected chi connectivity index (χ0v) is 7.86. The van der Waals surface area contributed by atoms with Crippen molar-refractivity contribution in [2.45, 2.75) is 19.8 Å². The molecule has 0 heterocycles. The van der Waals surface area contributed by atoms with Gasteiger partial charge in [0.25, 0.3) is 0 Å². The van der Waals surface area contributed by atoms with Crippen molar-refractivity contribution in [2.75, 3.05) is 0 Å². The summed E-state index contributed by atoms with van der Waals surface area (Å²) in [6, 6.07) is 8.16. The minimum atomic E-state index is 0.808. The van der Waals surface area contributed by atoms with Crippen molar-refractivity contribution in [3.8, 4) is 0 Å². The first-order chi connectivity index (χ1) is 6.38. The number of allylic oxidation sites excluding steroid dienone is 1. The average molecular weight is 174 g/mol. The molecule has 0 saturated heterocycles. The van der Waals surface area contributed by atoms with Crippen molar-refractivity contribution < 1.29 is 4.79 Å². The number of benzene rings is 1. The Morgan fingerprint density at radius 2 is 2.08 bits per heavy atom. The van der Waals surface area contributed by atoms with Crippen LogP contribution in [0, 0.1) is 0 Å². The van der Waals surface area contributed by atoms with Crippen LogP contribution in [-0.4, -0.2) is 6.29 Å². The van der Waals surface area contributed by atoms with Crippen molar-refractivity contribution in [2.24, 2.45) is 0 Å². The molecular formula is C12H14O. The first-order valence-electron chi connectivity index (χ1n) is 4.58. The van der Waals surface area contributed by atoms with E-state index in [-0.39, 0.29) is 0 Å². The van der Waals surface area contributed by atoms with Gasteiger partial charge in [0.15, 0.2) is 0 Å². The van der Waals surface area contributed by atoms with Crippen LogP contribution >= 0.6 is 0 Å². The van der Waals surface area contributed by atoms with E-state index >= 15 is 0 Å². The van der Waals surface area contributed by atoms with Gasteiger partial charge in [-0.15, -0.1) is 0 Å². The maximum atomic E-state index is 10.2. The zero-order chi connectivity index (χ0) is 9.52.